The quantitative estimate of drug-likeness (QED) is 0.0611. The minimum atomic E-state index is -1.14. The summed E-state index contributed by atoms with van der Waals surface area (Å²) < 4.78 is 16.0. The third-order valence-corrected chi connectivity index (χ3v) is 9.58. The van der Waals surface area contributed by atoms with Gasteiger partial charge in [0.05, 0.1) is 25.9 Å². The molecule has 60 heavy (non-hydrogen) atoms. The van der Waals surface area contributed by atoms with Gasteiger partial charge in [0, 0.05) is 75.7 Å². The first-order chi connectivity index (χ1) is 27.9. The standard InChI is InChI=1S/C43H69N3O14/c1-27(47)9-11-32(29(3)49)23-36(53)15-17-38(39(54)25-34(31(5)51)12-10-28(2)48)46-41(56)26-59-22-21-58-20-19-45-40(55)18-13-33(30(4)50)24-35(52)14-16-37(44)42(57)60-43(6,7)8/h32-34,37-38H,9-26,44H2,1-8H3,(H,45,55)(H,46,56). The van der Waals surface area contributed by atoms with Crippen LogP contribution in [0.4, 0.5) is 0 Å². The van der Waals surface area contributed by atoms with E-state index >= 15 is 0 Å². The highest BCUT2D eigenvalue weighted by atomic mass is 16.6. The number of amides is 2. The van der Waals surface area contributed by atoms with E-state index in [4.69, 9.17) is 19.9 Å². The van der Waals surface area contributed by atoms with Gasteiger partial charge in [-0.2, -0.15) is 0 Å². The Hall–Kier alpha value is -4.35. The second-order valence-corrected chi connectivity index (χ2v) is 16.5. The van der Waals surface area contributed by atoms with Gasteiger partial charge in [-0.05, 0) is 87.5 Å². The van der Waals surface area contributed by atoms with Crippen molar-refractivity contribution in [2.45, 2.75) is 157 Å². The van der Waals surface area contributed by atoms with Crippen molar-refractivity contribution in [3.05, 3.63) is 0 Å². The Morgan fingerprint density at radius 3 is 1.50 bits per heavy atom. The molecule has 0 aliphatic heterocycles. The Labute approximate surface area is 354 Å². The number of ketones is 8. The second-order valence-electron chi connectivity index (χ2n) is 16.5. The first kappa shape index (κ1) is 55.7. The molecule has 0 aromatic carbocycles. The number of nitrogens with one attached hydrogen (secondary N) is 2. The summed E-state index contributed by atoms with van der Waals surface area (Å²) >= 11 is 0. The van der Waals surface area contributed by atoms with Gasteiger partial charge in [-0.3, -0.25) is 43.2 Å². The van der Waals surface area contributed by atoms with Gasteiger partial charge in [0.15, 0.2) is 5.78 Å². The van der Waals surface area contributed by atoms with Crippen LogP contribution in [0, 0.1) is 17.8 Å². The van der Waals surface area contributed by atoms with E-state index in [9.17, 15) is 52.7 Å². The summed E-state index contributed by atoms with van der Waals surface area (Å²) in [5.74, 6) is -5.72. The fourth-order valence-electron chi connectivity index (χ4n) is 5.95. The molecule has 4 N–H and O–H groups in total. The van der Waals surface area contributed by atoms with Crippen LogP contribution in [-0.4, -0.2) is 115 Å². The lowest BCUT2D eigenvalue weighted by Crippen LogP contribution is -2.44. The third kappa shape index (κ3) is 28.2. The van der Waals surface area contributed by atoms with Gasteiger partial charge >= 0.3 is 5.97 Å². The van der Waals surface area contributed by atoms with Gasteiger partial charge in [-0.25, -0.2) is 0 Å². The molecule has 0 rings (SSSR count). The number of esters is 1. The van der Waals surface area contributed by atoms with E-state index in [2.05, 4.69) is 10.6 Å². The molecule has 0 aliphatic rings. The summed E-state index contributed by atoms with van der Waals surface area (Å²) in [5, 5.41) is 5.24. The van der Waals surface area contributed by atoms with Crippen LogP contribution in [0.5, 0.6) is 0 Å². The molecule has 0 bridgehead atoms. The van der Waals surface area contributed by atoms with E-state index in [1.165, 1.54) is 34.6 Å². The summed E-state index contributed by atoms with van der Waals surface area (Å²) in [6.07, 6.45) is 0.212. The van der Waals surface area contributed by atoms with Crippen LogP contribution in [0.25, 0.3) is 0 Å². The number of rotatable bonds is 35. The number of carbonyl (C=O) groups is 11. The number of carbonyl (C=O) groups excluding carboxylic acids is 11. The Morgan fingerprint density at radius 2 is 1.02 bits per heavy atom. The Bertz CT molecular complexity index is 1500. The zero-order valence-electron chi connectivity index (χ0n) is 36.9. The highest BCUT2D eigenvalue weighted by molar-refractivity contribution is 5.94. The lowest BCUT2D eigenvalue weighted by Gasteiger charge is -2.22. The van der Waals surface area contributed by atoms with Crippen LogP contribution in [0.15, 0.2) is 0 Å². The molecule has 0 radical (unpaired) electrons. The Morgan fingerprint density at radius 1 is 0.550 bits per heavy atom. The van der Waals surface area contributed by atoms with Gasteiger partial charge in [0.2, 0.25) is 11.8 Å². The zero-order chi connectivity index (χ0) is 46.0. The van der Waals surface area contributed by atoms with Crippen LogP contribution in [0.3, 0.4) is 0 Å². The van der Waals surface area contributed by atoms with Gasteiger partial charge in [-0.1, -0.05) is 0 Å². The number of Topliss-reactive ketones (excluding diaryl/α,β-unsaturated/α-hetero) is 8. The minimum absolute atomic E-state index is 0.00128. The predicted molar refractivity (Wildman–Crippen MR) is 219 cm³/mol. The number of ether oxygens (including phenoxy) is 3. The van der Waals surface area contributed by atoms with E-state index in [1.54, 1.807) is 20.8 Å². The van der Waals surface area contributed by atoms with Crippen molar-refractivity contribution in [1.82, 2.24) is 10.6 Å². The van der Waals surface area contributed by atoms with Crippen LogP contribution >= 0.6 is 0 Å². The van der Waals surface area contributed by atoms with Crippen molar-refractivity contribution in [1.29, 1.82) is 0 Å². The average Bonchev–Trinajstić information content (AvgIpc) is 3.13. The van der Waals surface area contributed by atoms with Crippen LogP contribution in [0.1, 0.15) is 139 Å². The summed E-state index contributed by atoms with van der Waals surface area (Å²) in [4.78, 5) is 135. The van der Waals surface area contributed by atoms with Gasteiger partial charge in [0.1, 0.15) is 58.7 Å². The molecule has 0 aromatic heterocycles. The van der Waals surface area contributed by atoms with Gasteiger partial charge < -0.3 is 40.2 Å². The van der Waals surface area contributed by atoms with Crippen molar-refractivity contribution in [2.75, 3.05) is 33.0 Å². The molecule has 0 aromatic rings. The highest BCUT2D eigenvalue weighted by Gasteiger charge is 2.28. The second kappa shape index (κ2) is 29.8. The lowest BCUT2D eigenvalue weighted by molar-refractivity contribution is -0.156. The third-order valence-electron chi connectivity index (χ3n) is 9.58. The molecule has 0 saturated heterocycles. The molecule has 0 spiro atoms. The summed E-state index contributed by atoms with van der Waals surface area (Å²) in [5.41, 5.74) is 5.13. The van der Waals surface area contributed by atoms with E-state index in [0.717, 1.165) is 0 Å². The number of hydrogen-bond donors (Lipinski definition) is 3. The molecule has 0 saturated carbocycles. The molecule has 17 nitrogen and oxygen atoms in total. The highest BCUT2D eigenvalue weighted by Crippen LogP contribution is 2.20. The van der Waals surface area contributed by atoms with Crippen LogP contribution < -0.4 is 16.4 Å². The molecular formula is C43H69N3O14. The van der Waals surface area contributed by atoms with Crippen molar-refractivity contribution in [2.24, 2.45) is 23.5 Å². The maximum absolute atomic E-state index is 13.3. The zero-order valence-corrected chi connectivity index (χ0v) is 36.9. The number of hydrogen-bond acceptors (Lipinski definition) is 15. The average molecular weight is 852 g/mol. The monoisotopic (exact) mass is 851 g/mol. The Balaban J connectivity index is 4.86. The molecule has 5 unspecified atom stereocenters. The number of nitrogens with two attached hydrogens (primary N) is 1. The molecule has 340 valence electrons. The largest absolute Gasteiger partial charge is 0.459 e. The van der Waals surface area contributed by atoms with E-state index < -0.39 is 59.7 Å². The Kier molecular flexibility index (Phi) is 27.6. The van der Waals surface area contributed by atoms with E-state index in [0.29, 0.717) is 0 Å². The van der Waals surface area contributed by atoms with Crippen LogP contribution in [0.2, 0.25) is 0 Å². The summed E-state index contributed by atoms with van der Waals surface area (Å²) in [6, 6.07) is -2.11. The smallest absolute Gasteiger partial charge is 0.323 e. The van der Waals surface area contributed by atoms with E-state index in [1.807, 2.05) is 0 Å². The fourth-order valence-corrected chi connectivity index (χ4v) is 5.95. The first-order valence-corrected chi connectivity index (χ1v) is 20.7. The predicted octanol–water partition coefficient (Wildman–Crippen LogP) is 2.86. The topological polar surface area (TPSA) is 266 Å². The van der Waals surface area contributed by atoms with Gasteiger partial charge in [-0.15, -0.1) is 0 Å². The molecule has 0 heterocycles. The fraction of sp³-hybridized carbons (Fsp3) is 0.744. The molecule has 5 atom stereocenters. The summed E-state index contributed by atoms with van der Waals surface area (Å²) in [6.45, 7) is 11.8. The summed E-state index contributed by atoms with van der Waals surface area (Å²) in [7, 11) is 0. The first-order valence-electron chi connectivity index (χ1n) is 20.7. The van der Waals surface area contributed by atoms with Crippen LogP contribution in [-0.2, 0) is 67.0 Å². The van der Waals surface area contributed by atoms with Crippen molar-refractivity contribution >= 4 is 64.0 Å². The van der Waals surface area contributed by atoms with Crippen molar-refractivity contribution in [3.8, 4) is 0 Å². The van der Waals surface area contributed by atoms with Gasteiger partial charge in [0.25, 0.3) is 0 Å². The van der Waals surface area contributed by atoms with Crippen molar-refractivity contribution in [3.63, 3.8) is 0 Å². The SMILES string of the molecule is CC(=O)CCC(CC(=O)CCC(NC(=O)COCCOCCNC(=O)CCC(CC(=O)CCC(N)C(=O)OC(C)(C)C)C(C)=O)C(=O)CC(CCC(C)=O)C(C)=O)C(C)=O. The molecule has 17 heteroatoms. The van der Waals surface area contributed by atoms with E-state index in [-0.39, 0.29) is 156 Å². The maximum atomic E-state index is 13.3. The molecule has 0 aliphatic carbocycles. The van der Waals surface area contributed by atoms with Crippen molar-refractivity contribution < 1.29 is 67.0 Å². The maximum Gasteiger partial charge on any atom is 0.323 e. The molecule has 0 fully saturated rings. The minimum Gasteiger partial charge on any atom is -0.459 e. The molecular weight excluding hydrogens is 782 g/mol. The normalized spacial score (nSPS) is 13.8. The lowest BCUT2D eigenvalue weighted by atomic mass is 9.88. The molecule has 2 amide bonds.